The van der Waals surface area contributed by atoms with Gasteiger partial charge in [0.2, 0.25) is 5.91 Å². The highest BCUT2D eigenvalue weighted by molar-refractivity contribution is 5.74. The van der Waals surface area contributed by atoms with E-state index in [1.807, 2.05) is 36.1 Å². The number of nitrogens with zero attached hydrogens (tertiary/aromatic N) is 2. The Morgan fingerprint density at radius 2 is 1.96 bits per heavy atom. The standard InChI is InChI=1S/C20H30N2O3/c1-15-7-3-4-10-20(15)25-14-17(24)13-21-11-5-8-18(21)19-9-6-12-22(19)16(2)23/h3-4,7,10,17-19,24H,5-6,8-9,11-14H2,1-2H3. The number of hydrogen-bond donors (Lipinski definition) is 1. The van der Waals surface area contributed by atoms with E-state index >= 15 is 0 Å². The first kappa shape index (κ1) is 18.2. The Morgan fingerprint density at radius 1 is 1.24 bits per heavy atom. The molecule has 0 saturated carbocycles. The van der Waals surface area contributed by atoms with Crippen molar-refractivity contribution in [2.45, 2.75) is 57.7 Å². The molecule has 1 amide bonds. The molecule has 0 radical (unpaired) electrons. The molecule has 0 bridgehead atoms. The maximum absolute atomic E-state index is 11.9. The molecule has 2 aliphatic heterocycles. The van der Waals surface area contributed by atoms with Crippen LogP contribution in [0.25, 0.3) is 0 Å². The number of ether oxygens (including phenoxy) is 1. The Kier molecular flexibility index (Phi) is 5.97. The number of aliphatic hydroxyl groups is 1. The number of hydrogen-bond acceptors (Lipinski definition) is 4. The summed E-state index contributed by atoms with van der Waals surface area (Å²) in [5.41, 5.74) is 1.08. The summed E-state index contributed by atoms with van der Waals surface area (Å²) >= 11 is 0. The Hall–Kier alpha value is -1.59. The molecule has 5 heteroatoms. The van der Waals surface area contributed by atoms with Crippen LogP contribution < -0.4 is 4.74 Å². The van der Waals surface area contributed by atoms with E-state index in [0.29, 0.717) is 25.2 Å². The van der Waals surface area contributed by atoms with Gasteiger partial charge in [0, 0.05) is 32.1 Å². The Morgan fingerprint density at radius 3 is 2.72 bits per heavy atom. The maximum Gasteiger partial charge on any atom is 0.219 e. The fraction of sp³-hybridized carbons (Fsp3) is 0.650. The molecule has 25 heavy (non-hydrogen) atoms. The van der Waals surface area contributed by atoms with E-state index in [1.165, 1.54) is 0 Å². The zero-order valence-corrected chi connectivity index (χ0v) is 15.4. The van der Waals surface area contributed by atoms with Crippen LogP contribution in [0.5, 0.6) is 5.75 Å². The zero-order chi connectivity index (χ0) is 17.8. The summed E-state index contributed by atoms with van der Waals surface area (Å²) < 4.78 is 5.79. The van der Waals surface area contributed by atoms with Gasteiger partial charge in [0.05, 0.1) is 0 Å². The van der Waals surface area contributed by atoms with E-state index in [4.69, 9.17) is 4.74 Å². The summed E-state index contributed by atoms with van der Waals surface area (Å²) in [5.74, 6) is 1.01. The molecular weight excluding hydrogens is 316 g/mol. The highest BCUT2D eigenvalue weighted by atomic mass is 16.5. The van der Waals surface area contributed by atoms with Crippen molar-refractivity contribution in [2.75, 3.05) is 26.2 Å². The lowest BCUT2D eigenvalue weighted by Crippen LogP contribution is -2.49. The lowest BCUT2D eigenvalue weighted by Gasteiger charge is -2.35. The lowest BCUT2D eigenvalue weighted by molar-refractivity contribution is -0.130. The number of aryl methyl sites for hydroxylation is 1. The van der Waals surface area contributed by atoms with E-state index < -0.39 is 6.10 Å². The van der Waals surface area contributed by atoms with Gasteiger partial charge in [0.15, 0.2) is 0 Å². The molecule has 3 atom stereocenters. The number of amides is 1. The second-order valence-electron chi connectivity index (χ2n) is 7.36. The summed E-state index contributed by atoms with van der Waals surface area (Å²) in [6, 6.07) is 8.56. The second kappa shape index (κ2) is 8.19. The third kappa shape index (κ3) is 4.33. The predicted molar refractivity (Wildman–Crippen MR) is 97.7 cm³/mol. The van der Waals surface area contributed by atoms with Gasteiger partial charge in [-0.2, -0.15) is 0 Å². The van der Waals surface area contributed by atoms with Gasteiger partial charge >= 0.3 is 0 Å². The van der Waals surface area contributed by atoms with E-state index in [1.54, 1.807) is 6.92 Å². The minimum Gasteiger partial charge on any atom is -0.491 e. The topological polar surface area (TPSA) is 53.0 Å². The van der Waals surface area contributed by atoms with Crippen molar-refractivity contribution >= 4 is 5.91 Å². The van der Waals surface area contributed by atoms with Crippen LogP contribution in [-0.4, -0.2) is 65.2 Å². The minimum atomic E-state index is -0.521. The van der Waals surface area contributed by atoms with Gasteiger partial charge in [0.1, 0.15) is 18.5 Å². The highest BCUT2D eigenvalue weighted by Gasteiger charge is 2.39. The van der Waals surface area contributed by atoms with Crippen LogP contribution in [0.2, 0.25) is 0 Å². The summed E-state index contributed by atoms with van der Waals surface area (Å²) in [6.07, 6.45) is 3.90. The predicted octanol–water partition coefficient (Wildman–Crippen LogP) is 2.21. The van der Waals surface area contributed by atoms with E-state index in [0.717, 1.165) is 50.1 Å². The maximum atomic E-state index is 11.9. The Bertz CT molecular complexity index is 592. The van der Waals surface area contributed by atoms with Gasteiger partial charge in [-0.05, 0) is 50.8 Å². The largest absolute Gasteiger partial charge is 0.491 e. The number of benzene rings is 1. The van der Waals surface area contributed by atoms with Gasteiger partial charge in [-0.1, -0.05) is 18.2 Å². The molecule has 3 unspecified atom stereocenters. The molecule has 3 rings (SSSR count). The zero-order valence-electron chi connectivity index (χ0n) is 15.4. The molecule has 2 fully saturated rings. The van der Waals surface area contributed by atoms with E-state index in [2.05, 4.69) is 4.90 Å². The molecule has 2 heterocycles. The van der Waals surface area contributed by atoms with Crippen LogP contribution in [0, 0.1) is 6.92 Å². The van der Waals surface area contributed by atoms with Gasteiger partial charge in [-0.25, -0.2) is 0 Å². The van der Waals surface area contributed by atoms with Crippen molar-refractivity contribution in [1.82, 2.24) is 9.80 Å². The van der Waals surface area contributed by atoms with Gasteiger partial charge in [0.25, 0.3) is 0 Å². The first-order valence-corrected chi connectivity index (χ1v) is 9.44. The van der Waals surface area contributed by atoms with Crippen LogP contribution in [0.3, 0.4) is 0 Å². The molecule has 2 aliphatic rings. The number of β-amino-alcohol motifs (C(OH)–C–C–N with tert-alkyl or cyclic N) is 1. The van der Waals surface area contributed by atoms with Crippen LogP contribution in [0.4, 0.5) is 0 Å². The molecular formula is C20H30N2O3. The summed E-state index contributed by atoms with van der Waals surface area (Å²) in [7, 11) is 0. The molecule has 1 aromatic rings. The highest BCUT2D eigenvalue weighted by Crippen LogP contribution is 2.30. The van der Waals surface area contributed by atoms with Crippen molar-refractivity contribution in [3.05, 3.63) is 29.8 Å². The number of rotatable bonds is 6. The van der Waals surface area contributed by atoms with E-state index in [-0.39, 0.29) is 5.91 Å². The first-order chi connectivity index (χ1) is 12.1. The average molecular weight is 346 g/mol. The second-order valence-corrected chi connectivity index (χ2v) is 7.36. The van der Waals surface area contributed by atoms with Crippen molar-refractivity contribution in [2.24, 2.45) is 0 Å². The van der Waals surface area contributed by atoms with Crippen LogP contribution in [0.15, 0.2) is 24.3 Å². The Labute approximate surface area is 150 Å². The van der Waals surface area contributed by atoms with Crippen LogP contribution >= 0.6 is 0 Å². The molecule has 0 aromatic heterocycles. The number of aliphatic hydroxyl groups excluding tert-OH is 1. The molecule has 0 spiro atoms. The van der Waals surface area contributed by atoms with Gasteiger partial charge in [-0.3, -0.25) is 9.69 Å². The molecule has 2 saturated heterocycles. The van der Waals surface area contributed by atoms with Crippen molar-refractivity contribution in [3.8, 4) is 5.75 Å². The van der Waals surface area contributed by atoms with Crippen LogP contribution in [0.1, 0.15) is 38.2 Å². The van der Waals surface area contributed by atoms with Crippen molar-refractivity contribution in [3.63, 3.8) is 0 Å². The number of carbonyl (C=O) groups is 1. The summed E-state index contributed by atoms with van der Waals surface area (Å²) in [4.78, 5) is 16.3. The smallest absolute Gasteiger partial charge is 0.219 e. The molecule has 0 aliphatic carbocycles. The molecule has 1 N–H and O–H groups in total. The lowest BCUT2D eigenvalue weighted by atomic mass is 10.0. The van der Waals surface area contributed by atoms with E-state index in [9.17, 15) is 9.90 Å². The van der Waals surface area contributed by atoms with Gasteiger partial charge < -0.3 is 14.7 Å². The fourth-order valence-corrected chi connectivity index (χ4v) is 4.33. The quantitative estimate of drug-likeness (QED) is 0.858. The molecule has 5 nitrogen and oxygen atoms in total. The van der Waals surface area contributed by atoms with Crippen LogP contribution in [-0.2, 0) is 4.79 Å². The monoisotopic (exact) mass is 346 g/mol. The molecule has 1 aromatic carbocycles. The third-order valence-electron chi connectivity index (χ3n) is 5.53. The summed E-state index contributed by atoms with van der Waals surface area (Å²) in [5, 5.41) is 10.5. The number of carbonyl (C=O) groups excluding carboxylic acids is 1. The van der Waals surface area contributed by atoms with Crippen molar-refractivity contribution in [1.29, 1.82) is 0 Å². The van der Waals surface area contributed by atoms with Crippen molar-refractivity contribution < 1.29 is 14.6 Å². The van der Waals surface area contributed by atoms with Gasteiger partial charge in [-0.15, -0.1) is 0 Å². The summed E-state index contributed by atoms with van der Waals surface area (Å²) in [6.45, 7) is 6.46. The fourth-order valence-electron chi connectivity index (χ4n) is 4.33. The normalized spacial score (nSPS) is 25.3. The number of para-hydroxylation sites is 1. The first-order valence-electron chi connectivity index (χ1n) is 9.44. The number of likely N-dealkylation sites (tertiary alicyclic amines) is 2. The third-order valence-corrected chi connectivity index (χ3v) is 5.53. The Balaban J connectivity index is 1.54. The minimum absolute atomic E-state index is 0.179. The average Bonchev–Trinajstić information content (AvgIpc) is 3.22. The molecule has 138 valence electrons. The SMILES string of the molecule is CC(=O)N1CCCC1C1CCCN1CC(O)COc1ccccc1C.